The molecule has 9 nitrogen and oxygen atoms in total. The molecule has 0 unspecified atom stereocenters. The lowest BCUT2D eigenvalue weighted by molar-refractivity contribution is 0.0935. The van der Waals surface area contributed by atoms with Crippen LogP contribution in [0.1, 0.15) is 33.5 Å². The number of amides is 1. The van der Waals surface area contributed by atoms with Gasteiger partial charge in [-0.2, -0.15) is 5.26 Å². The number of fused-ring (bicyclic) bond motifs is 1. The quantitative estimate of drug-likeness (QED) is 0.246. The zero-order valence-corrected chi connectivity index (χ0v) is 22.0. The molecule has 3 aromatic heterocycles. The van der Waals surface area contributed by atoms with Gasteiger partial charge in [-0.15, -0.1) is 11.3 Å². The normalized spacial score (nSPS) is 11.7. The van der Waals surface area contributed by atoms with Crippen molar-refractivity contribution in [3.05, 3.63) is 94.5 Å². The van der Waals surface area contributed by atoms with Crippen molar-refractivity contribution in [3.8, 4) is 16.5 Å². The fourth-order valence-corrected chi connectivity index (χ4v) is 5.07. The standard InChI is InChI=1S/C28H22F2N8OS/c1-15(8-16-2-5-21(29)22(30)9-16)37-28(39)25-27(33-12-18(11-31)38-25)34-13-19-4-7-24(40-19)17-3-6-23-20(10-17)26(32)36-14-35-23/h2-7,9-10,12,14-15H,8,13H2,1H3,(H,33,34)(H,37,39)(H2,32,35,36)/t15-/m0/s1. The van der Waals surface area contributed by atoms with E-state index >= 15 is 0 Å². The average Bonchev–Trinajstić information content (AvgIpc) is 3.43. The van der Waals surface area contributed by atoms with Crippen LogP contribution in [0.3, 0.4) is 0 Å². The molecular formula is C28H22F2N8OS. The van der Waals surface area contributed by atoms with Crippen molar-refractivity contribution in [2.75, 3.05) is 11.1 Å². The summed E-state index contributed by atoms with van der Waals surface area (Å²) in [5.41, 5.74) is 8.21. The summed E-state index contributed by atoms with van der Waals surface area (Å²) < 4.78 is 26.8. The molecule has 0 fully saturated rings. The maximum absolute atomic E-state index is 13.6. The van der Waals surface area contributed by atoms with Gasteiger partial charge in [0.2, 0.25) is 0 Å². The molecule has 0 bridgehead atoms. The lowest BCUT2D eigenvalue weighted by Crippen LogP contribution is -2.35. The Morgan fingerprint density at radius 1 is 1.10 bits per heavy atom. The predicted molar refractivity (Wildman–Crippen MR) is 148 cm³/mol. The molecule has 1 amide bonds. The van der Waals surface area contributed by atoms with E-state index in [9.17, 15) is 18.8 Å². The molecule has 5 aromatic rings. The summed E-state index contributed by atoms with van der Waals surface area (Å²) in [5, 5.41) is 16.0. The molecule has 200 valence electrons. The number of hydrogen-bond donors (Lipinski definition) is 3. The first-order valence-corrected chi connectivity index (χ1v) is 13.0. The van der Waals surface area contributed by atoms with Crippen LogP contribution >= 0.6 is 11.3 Å². The van der Waals surface area contributed by atoms with Gasteiger partial charge in [-0.25, -0.2) is 28.7 Å². The molecule has 5 rings (SSSR count). The topological polar surface area (TPSA) is 142 Å². The highest BCUT2D eigenvalue weighted by atomic mass is 32.1. The maximum Gasteiger partial charge on any atom is 0.273 e. The van der Waals surface area contributed by atoms with Crippen LogP contribution in [0.4, 0.5) is 20.4 Å². The van der Waals surface area contributed by atoms with E-state index in [0.717, 1.165) is 38.4 Å². The highest BCUT2D eigenvalue weighted by Gasteiger charge is 2.19. The molecular weight excluding hydrogens is 534 g/mol. The number of anilines is 2. The van der Waals surface area contributed by atoms with E-state index in [4.69, 9.17) is 5.73 Å². The van der Waals surface area contributed by atoms with Crippen molar-refractivity contribution in [2.45, 2.75) is 25.9 Å². The van der Waals surface area contributed by atoms with Crippen LogP contribution in [0.15, 0.2) is 61.1 Å². The van der Waals surface area contributed by atoms with Gasteiger partial charge < -0.3 is 16.4 Å². The molecule has 0 aliphatic rings. The molecule has 0 radical (unpaired) electrons. The largest absolute Gasteiger partial charge is 0.383 e. The summed E-state index contributed by atoms with van der Waals surface area (Å²) >= 11 is 1.55. The van der Waals surface area contributed by atoms with Gasteiger partial charge in [-0.3, -0.25) is 4.79 Å². The highest BCUT2D eigenvalue weighted by Crippen LogP contribution is 2.31. The third-order valence-electron chi connectivity index (χ3n) is 6.05. The second-order valence-corrected chi connectivity index (χ2v) is 10.2. The van der Waals surface area contributed by atoms with Gasteiger partial charge in [0, 0.05) is 21.2 Å². The van der Waals surface area contributed by atoms with Gasteiger partial charge in [0.1, 0.15) is 18.2 Å². The second kappa shape index (κ2) is 11.4. The fraction of sp³-hybridized carbons (Fsp3) is 0.143. The number of thiophene rings is 1. The SMILES string of the molecule is C[C@@H](Cc1ccc(F)c(F)c1)NC(=O)c1nc(C#N)cnc1NCc1ccc(-c2ccc3ncnc(N)c3c2)s1. The molecule has 1 atom stereocenters. The zero-order valence-electron chi connectivity index (χ0n) is 21.2. The molecule has 40 heavy (non-hydrogen) atoms. The minimum atomic E-state index is -0.953. The molecule has 0 aliphatic heterocycles. The Balaban J connectivity index is 1.29. The number of hydrogen-bond acceptors (Lipinski definition) is 9. The smallest absolute Gasteiger partial charge is 0.273 e. The number of benzene rings is 2. The van der Waals surface area contributed by atoms with E-state index in [1.807, 2.05) is 36.4 Å². The lowest BCUT2D eigenvalue weighted by Gasteiger charge is -2.15. The molecule has 0 saturated carbocycles. The zero-order chi connectivity index (χ0) is 28.2. The first kappa shape index (κ1) is 26.6. The van der Waals surface area contributed by atoms with Crippen molar-refractivity contribution >= 4 is 39.8 Å². The van der Waals surface area contributed by atoms with E-state index in [-0.39, 0.29) is 23.6 Å². The number of nitrogens with one attached hydrogen (secondary N) is 2. The molecule has 0 aliphatic carbocycles. The molecule has 3 heterocycles. The number of carbonyl (C=O) groups is 1. The van der Waals surface area contributed by atoms with Gasteiger partial charge >= 0.3 is 0 Å². The van der Waals surface area contributed by atoms with Crippen LogP contribution < -0.4 is 16.4 Å². The first-order chi connectivity index (χ1) is 19.3. The minimum Gasteiger partial charge on any atom is -0.383 e. The van der Waals surface area contributed by atoms with E-state index < -0.39 is 23.6 Å². The van der Waals surface area contributed by atoms with E-state index in [1.165, 1.54) is 18.6 Å². The van der Waals surface area contributed by atoms with Gasteiger partial charge in [0.05, 0.1) is 18.3 Å². The Labute approximate surface area is 231 Å². The van der Waals surface area contributed by atoms with Gasteiger partial charge in [0.25, 0.3) is 5.91 Å². The van der Waals surface area contributed by atoms with Crippen LogP contribution in [-0.2, 0) is 13.0 Å². The van der Waals surface area contributed by atoms with E-state index in [2.05, 4.69) is 30.6 Å². The van der Waals surface area contributed by atoms with Crippen molar-refractivity contribution in [1.82, 2.24) is 25.3 Å². The summed E-state index contributed by atoms with van der Waals surface area (Å²) in [4.78, 5) is 31.7. The summed E-state index contributed by atoms with van der Waals surface area (Å²) in [6.07, 6.45) is 2.98. The number of nitriles is 1. The monoisotopic (exact) mass is 556 g/mol. The Morgan fingerprint density at radius 3 is 2.75 bits per heavy atom. The third-order valence-corrected chi connectivity index (χ3v) is 7.18. The molecule has 4 N–H and O–H groups in total. The number of nitrogen functional groups attached to an aromatic ring is 1. The maximum atomic E-state index is 13.6. The Hall–Kier alpha value is -5.02. The fourth-order valence-electron chi connectivity index (χ4n) is 4.12. The van der Waals surface area contributed by atoms with Crippen LogP contribution in [0.25, 0.3) is 21.3 Å². The van der Waals surface area contributed by atoms with Crippen molar-refractivity contribution in [3.63, 3.8) is 0 Å². The van der Waals surface area contributed by atoms with Crippen LogP contribution in [-0.4, -0.2) is 31.9 Å². The van der Waals surface area contributed by atoms with Gasteiger partial charge in [0.15, 0.2) is 28.8 Å². The number of aromatic nitrogens is 4. The van der Waals surface area contributed by atoms with Crippen LogP contribution in [0.2, 0.25) is 0 Å². The Bertz CT molecular complexity index is 1770. The van der Waals surface area contributed by atoms with Gasteiger partial charge in [-0.1, -0.05) is 12.1 Å². The predicted octanol–water partition coefficient (Wildman–Crippen LogP) is 4.85. The number of nitrogens with zero attached hydrogens (tertiary/aromatic N) is 5. The third kappa shape index (κ3) is 5.84. The molecule has 2 aromatic carbocycles. The minimum absolute atomic E-state index is 0.0121. The van der Waals surface area contributed by atoms with Crippen molar-refractivity contribution in [1.29, 1.82) is 5.26 Å². The Morgan fingerprint density at radius 2 is 1.95 bits per heavy atom. The average molecular weight is 557 g/mol. The highest BCUT2D eigenvalue weighted by molar-refractivity contribution is 7.15. The summed E-state index contributed by atoms with van der Waals surface area (Å²) in [7, 11) is 0. The van der Waals surface area contributed by atoms with Crippen molar-refractivity contribution < 1.29 is 13.6 Å². The number of nitrogens with two attached hydrogens (primary N) is 1. The van der Waals surface area contributed by atoms with E-state index in [1.54, 1.807) is 18.3 Å². The number of carbonyl (C=O) groups excluding carboxylic acids is 1. The van der Waals surface area contributed by atoms with Crippen molar-refractivity contribution in [2.24, 2.45) is 0 Å². The summed E-state index contributed by atoms with van der Waals surface area (Å²) in [6, 6.07) is 14.8. The first-order valence-electron chi connectivity index (χ1n) is 12.2. The molecule has 0 spiro atoms. The van der Waals surface area contributed by atoms with Crippen LogP contribution in [0, 0.1) is 23.0 Å². The second-order valence-electron chi connectivity index (χ2n) is 9.00. The molecule has 0 saturated heterocycles. The molecule has 12 heteroatoms. The summed E-state index contributed by atoms with van der Waals surface area (Å²) in [6.45, 7) is 2.09. The van der Waals surface area contributed by atoms with Crippen LogP contribution in [0.5, 0.6) is 0 Å². The summed E-state index contributed by atoms with van der Waals surface area (Å²) in [5.74, 6) is -1.82. The number of halogens is 2. The lowest BCUT2D eigenvalue weighted by atomic mass is 10.1. The number of rotatable bonds is 8. The van der Waals surface area contributed by atoms with E-state index in [0.29, 0.717) is 17.9 Å². The van der Waals surface area contributed by atoms with Gasteiger partial charge in [-0.05, 0) is 60.9 Å². The Kier molecular flexibility index (Phi) is 7.56.